The summed E-state index contributed by atoms with van der Waals surface area (Å²) in [5.41, 5.74) is 3.79. The predicted molar refractivity (Wildman–Crippen MR) is 130 cm³/mol. The maximum absolute atomic E-state index is 13.7. The monoisotopic (exact) mass is 462 g/mol. The van der Waals surface area contributed by atoms with Gasteiger partial charge in [0.2, 0.25) is 0 Å². The van der Waals surface area contributed by atoms with Gasteiger partial charge in [-0.1, -0.05) is 35.9 Å². The van der Waals surface area contributed by atoms with Crippen LogP contribution in [0, 0.1) is 13.8 Å². The number of carbonyl (C=O) groups is 2. The molecule has 0 fully saturated rings. The van der Waals surface area contributed by atoms with E-state index >= 15 is 0 Å². The number of ether oxygens (including phenoxy) is 2. The largest absolute Gasteiger partial charge is 0.497 e. The van der Waals surface area contributed by atoms with E-state index in [1.54, 1.807) is 49.6 Å². The molecule has 0 atom stereocenters. The van der Waals surface area contributed by atoms with E-state index in [4.69, 9.17) is 21.1 Å². The molecule has 0 spiro atoms. The number of carbonyl (C=O) groups excluding carboxylic acids is 2. The Labute approximate surface area is 197 Å². The van der Waals surface area contributed by atoms with E-state index < -0.39 is 11.8 Å². The lowest BCUT2D eigenvalue weighted by Crippen LogP contribution is -2.33. The fourth-order valence-corrected chi connectivity index (χ4v) is 3.88. The van der Waals surface area contributed by atoms with Crippen molar-refractivity contribution in [3.63, 3.8) is 0 Å². The number of aryl methyl sites for hydroxylation is 2. The van der Waals surface area contributed by atoms with Crippen molar-refractivity contribution in [1.29, 1.82) is 0 Å². The molecular weight excluding hydrogens is 440 g/mol. The van der Waals surface area contributed by atoms with Crippen molar-refractivity contribution in [3.8, 4) is 11.5 Å². The van der Waals surface area contributed by atoms with Crippen LogP contribution >= 0.6 is 11.6 Å². The minimum Gasteiger partial charge on any atom is -0.497 e. The Hall–Kier alpha value is -3.77. The van der Waals surface area contributed by atoms with E-state index in [-0.39, 0.29) is 11.3 Å². The van der Waals surface area contributed by atoms with Crippen LogP contribution in [0.3, 0.4) is 0 Å². The number of anilines is 2. The van der Waals surface area contributed by atoms with Gasteiger partial charge in [-0.15, -0.1) is 0 Å². The van der Waals surface area contributed by atoms with E-state index in [0.29, 0.717) is 33.5 Å². The van der Waals surface area contributed by atoms with E-state index in [1.807, 2.05) is 32.0 Å². The highest BCUT2D eigenvalue weighted by Gasteiger charge is 2.41. The molecule has 33 heavy (non-hydrogen) atoms. The second-order valence-corrected chi connectivity index (χ2v) is 8.12. The molecule has 1 aliphatic rings. The van der Waals surface area contributed by atoms with Crippen molar-refractivity contribution in [2.75, 3.05) is 24.4 Å². The molecule has 1 heterocycles. The molecule has 3 aromatic carbocycles. The van der Waals surface area contributed by atoms with E-state index in [9.17, 15) is 9.59 Å². The summed E-state index contributed by atoms with van der Waals surface area (Å²) in [6.45, 7) is 3.79. The summed E-state index contributed by atoms with van der Waals surface area (Å²) >= 11 is 6.06. The first-order valence-corrected chi connectivity index (χ1v) is 10.7. The van der Waals surface area contributed by atoms with Crippen LogP contribution in [0.5, 0.6) is 11.5 Å². The molecule has 2 amide bonds. The Morgan fingerprint density at radius 3 is 2.24 bits per heavy atom. The third-order valence-corrected chi connectivity index (χ3v) is 5.74. The van der Waals surface area contributed by atoms with Crippen molar-refractivity contribution in [2.24, 2.45) is 0 Å². The van der Waals surface area contributed by atoms with Gasteiger partial charge in [0.15, 0.2) is 0 Å². The molecule has 7 heteroatoms. The molecule has 0 saturated heterocycles. The summed E-state index contributed by atoms with van der Waals surface area (Å²) in [4.78, 5) is 28.5. The summed E-state index contributed by atoms with van der Waals surface area (Å²) in [7, 11) is 3.09. The van der Waals surface area contributed by atoms with Crippen LogP contribution in [0.4, 0.5) is 11.4 Å². The van der Waals surface area contributed by atoms with Crippen LogP contribution in [0.1, 0.15) is 16.7 Å². The minimum absolute atomic E-state index is 0.148. The van der Waals surface area contributed by atoms with Gasteiger partial charge in [0.1, 0.15) is 17.2 Å². The van der Waals surface area contributed by atoms with Gasteiger partial charge in [0.05, 0.1) is 31.2 Å². The number of nitrogens with one attached hydrogen (secondary N) is 1. The zero-order valence-electron chi connectivity index (χ0n) is 18.7. The molecule has 0 aliphatic carbocycles. The fourth-order valence-electron chi connectivity index (χ4n) is 3.76. The molecule has 0 unspecified atom stereocenters. The van der Waals surface area contributed by atoms with Gasteiger partial charge in [-0.3, -0.25) is 9.59 Å². The predicted octanol–water partition coefficient (Wildman–Crippen LogP) is 5.37. The maximum Gasteiger partial charge on any atom is 0.282 e. The average Bonchev–Trinajstić information content (AvgIpc) is 3.05. The average molecular weight is 463 g/mol. The SMILES string of the molecule is COc1ccc(OC)c(NC2=C(c3ccc(Cl)cc3)C(=O)N(c3cc(C)ccc3C)C2=O)c1. The van der Waals surface area contributed by atoms with E-state index in [1.165, 1.54) is 12.0 Å². The first-order chi connectivity index (χ1) is 15.8. The summed E-state index contributed by atoms with van der Waals surface area (Å²) in [6, 6.07) is 17.7. The number of halogens is 1. The summed E-state index contributed by atoms with van der Waals surface area (Å²) in [5, 5.41) is 3.68. The number of imide groups is 1. The Morgan fingerprint density at radius 1 is 0.848 bits per heavy atom. The van der Waals surface area contributed by atoms with Crippen LogP contribution in [0.2, 0.25) is 5.02 Å². The van der Waals surface area contributed by atoms with Gasteiger partial charge < -0.3 is 14.8 Å². The molecule has 6 nitrogen and oxygen atoms in total. The van der Waals surface area contributed by atoms with Crippen molar-refractivity contribution < 1.29 is 19.1 Å². The highest BCUT2D eigenvalue weighted by Crippen LogP contribution is 2.38. The van der Waals surface area contributed by atoms with Crippen LogP contribution < -0.4 is 19.7 Å². The van der Waals surface area contributed by atoms with Crippen LogP contribution in [-0.4, -0.2) is 26.0 Å². The Balaban J connectivity index is 1.88. The lowest BCUT2D eigenvalue weighted by atomic mass is 10.0. The summed E-state index contributed by atoms with van der Waals surface area (Å²) in [5.74, 6) is 0.211. The summed E-state index contributed by atoms with van der Waals surface area (Å²) in [6.07, 6.45) is 0. The minimum atomic E-state index is -0.455. The number of rotatable bonds is 6. The fraction of sp³-hybridized carbons (Fsp3) is 0.154. The molecule has 168 valence electrons. The van der Waals surface area contributed by atoms with Crippen molar-refractivity contribution >= 4 is 40.4 Å². The number of nitrogens with zero attached hydrogens (tertiary/aromatic N) is 1. The number of hydrogen-bond acceptors (Lipinski definition) is 5. The maximum atomic E-state index is 13.7. The zero-order valence-corrected chi connectivity index (χ0v) is 19.5. The second kappa shape index (κ2) is 9.00. The molecule has 0 radical (unpaired) electrons. The smallest absolute Gasteiger partial charge is 0.282 e. The Morgan fingerprint density at radius 2 is 1.58 bits per heavy atom. The molecular formula is C26H23ClN2O4. The summed E-state index contributed by atoms with van der Waals surface area (Å²) < 4.78 is 10.8. The van der Waals surface area contributed by atoms with Gasteiger partial charge in [-0.25, -0.2) is 4.90 Å². The number of methoxy groups -OCH3 is 2. The van der Waals surface area contributed by atoms with E-state index in [0.717, 1.165) is 11.1 Å². The first kappa shape index (κ1) is 22.4. The number of amides is 2. The molecule has 1 aliphatic heterocycles. The topological polar surface area (TPSA) is 67.9 Å². The van der Waals surface area contributed by atoms with Crippen LogP contribution in [-0.2, 0) is 9.59 Å². The van der Waals surface area contributed by atoms with Crippen molar-refractivity contribution in [1.82, 2.24) is 0 Å². The zero-order chi connectivity index (χ0) is 23.7. The van der Waals surface area contributed by atoms with Crippen LogP contribution in [0.25, 0.3) is 5.57 Å². The standard InChI is InChI=1S/C26H23ClN2O4/c1-15-5-6-16(2)21(13-15)29-25(30)23(17-7-9-18(27)10-8-17)24(26(29)31)28-20-14-19(32-3)11-12-22(20)33-4/h5-14,28H,1-4H3. The molecule has 0 bridgehead atoms. The second-order valence-electron chi connectivity index (χ2n) is 7.68. The van der Waals surface area contributed by atoms with Gasteiger partial charge in [-0.05, 0) is 60.9 Å². The Kier molecular flexibility index (Phi) is 6.11. The van der Waals surface area contributed by atoms with Gasteiger partial charge in [0, 0.05) is 11.1 Å². The van der Waals surface area contributed by atoms with Crippen molar-refractivity contribution in [3.05, 3.63) is 88.1 Å². The van der Waals surface area contributed by atoms with Gasteiger partial charge >= 0.3 is 0 Å². The number of benzene rings is 3. The third-order valence-electron chi connectivity index (χ3n) is 5.49. The van der Waals surface area contributed by atoms with Crippen molar-refractivity contribution in [2.45, 2.75) is 13.8 Å². The lowest BCUT2D eigenvalue weighted by molar-refractivity contribution is -0.120. The highest BCUT2D eigenvalue weighted by molar-refractivity contribution is 6.46. The molecule has 0 saturated carbocycles. The normalized spacial score (nSPS) is 13.5. The quantitative estimate of drug-likeness (QED) is 0.499. The highest BCUT2D eigenvalue weighted by atomic mass is 35.5. The first-order valence-electron chi connectivity index (χ1n) is 10.3. The third kappa shape index (κ3) is 4.17. The Bertz CT molecular complexity index is 1280. The number of hydrogen-bond donors (Lipinski definition) is 1. The molecule has 3 aromatic rings. The van der Waals surface area contributed by atoms with Crippen LogP contribution in [0.15, 0.2) is 66.4 Å². The van der Waals surface area contributed by atoms with Gasteiger partial charge in [-0.2, -0.15) is 0 Å². The molecule has 1 N–H and O–H groups in total. The molecule has 0 aromatic heterocycles. The molecule has 4 rings (SSSR count). The van der Waals surface area contributed by atoms with E-state index in [2.05, 4.69) is 5.32 Å². The lowest BCUT2D eigenvalue weighted by Gasteiger charge is -2.19. The van der Waals surface area contributed by atoms with Gasteiger partial charge in [0.25, 0.3) is 11.8 Å².